The molecule has 2 aromatic carbocycles. The van der Waals surface area contributed by atoms with Crippen molar-refractivity contribution < 1.29 is 13.4 Å². The first-order chi connectivity index (χ1) is 10.2. The van der Waals surface area contributed by atoms with Crippen LogP contribution in [-0.4, -0.2) is 0 Å². The van der Waals surface area contributed by atoms with Crippen LogP contribution in [0.2, 0.25) is 0 Å². The molecule has 0 aliphatic heterocycles. The maximum Gasteiger partial charge on any atom is 0.601 e. The van der Waals surface area contributed by atoms with E-state index in [-0.39, 0.29) is 0 Å². The van der Waals surface area contributed by atoms with Gasteiger partial charge in [-0.1, -0.05) is 50.2 Å². The molecule has 0 aliphatic carbocycles. The number of hydrogen-bond acceptors (Lipinski definition) is 3. The summed E-state index contributed by atoms with van der Waals surface area (Å²) in [5.74, 6) is 0. The Balaban J connectivity index is 2.21. The molecule has 2 aromatic rings. The van der Waals surface area contributed by atoms with Gasteiger partial charge in [-0.25, -0.2) is 0 Å². The highest BCUT2D eigenvalue weighted by Gasteiger charge is 2.41. The van der Waals surface area contributed by atoms with E-state index >= 15 is 0 Å². The van der Waals surface area contributed by atoms with E-state index in [9.17, 15) is 9.13 Å². The molecule has 0 saturated heterocycles. The molecule has 0 fully saturated rings. The van der Waals surface area contributed by atoms with Crippen molar-refractivity contribution in [3.05, 3.63) is 59.7 Å². The number of rotatable bonds is 6. The van der Waals surface area contributed by atoms with Gasteiger partial charge in [0.25, 0.3) is 0 Å². The highest BCUT2D eigenvalue weighted by atomic mass is 31.2. The van der Waals surface area contributed by atoms with Crippen LogP contribution in [0, 0.1) is 0 Å². The summed E-state index contributed by atoms with van der Waals surface area (Å²) in [6.45, 7) is 3.99. The van der Waals surface area contributed by atoms with E-state index in [1.165, 1.54) is 0 Å². The predicted molar refractivity (Wildman–Crippen MR) is 87.2 cm³/mol. The zero-order valence-corrected chi connectivity index (χ0v) is 13.9. The molecule has 108 valence electrons. The van der Waals surface area contributed by atoms with E-state index in [1.54, 1.807) is 12.1 Å². The van der Waals surface area contributed by atoms with Gasteiger partial charge < -0.3 is 0 Å². The Labute approximate surface area is 127 Å². The number of benzene rings is 2. The molecule has 0 heterocycles. The van der Waals surface area contributed by atoms with E-state index < -0.39 is 16.1 Å². The van der Waals surface area contributed by atoms with Gasteiger partial charge in [0.05, 0.1) is 0 Å². The fourth-order valence-electron chi connectivity index (χ4n) is 2.13. The maximum absolute atomic E-state index is 12.3. The third-order valence-corrected chi connectivity index (χ3v) is 6.13. The standard InChI is InChI=1S/C16H18O3P2/c1-3-13-9-5-7-11-15(13)20(17)19-21(18)16-12-8-6-10-14(16)4-2/h5-12H,3-4H2,1-2H3/q+2. The number of aryl methyl sites for hydroxylation is 2. The monoisotopic (exact) mass is 320 g/mol. The average molecular weight is 320 g/mol. The summed E-state index contributed by atoms with van der Waals surface area (Å²) in [4.78, 5) is 0. The molecule has 0 aliphatic rings. The topological polar surface area (TPSA) is 43.4 Å². The zero-order valence-electron chi connectivity index (χ0n) is 12.2. The molecule has 3 nitrogen and oxygen atoms in total. The van der Waals surface area contributed by atoms with Gasteiger partial charge in [0.15, 0.2) is 0 Å². The molecular formula is C16H18O3P2+2. The summed E-state index contributed by atoms with van der Waals surface area (Å²) < 4.78 is 30.0. The Morgan fingerprint density at radius 3 is 1.52 bits per heavy atom. The molecule has 2 rings (SSSR count). The first-order valence-corrected chi connectivity index (χ1v) is 9.31. The maximum atomic E-state index is 12.3. The second-order valence-corrected chi connectivity index (χ2v) is 7.21. The Kier molecular flexibility index (Phi) is 5.76. The van der Waals surface area contributed by atoms with Crippen LogP contribution in [0.4, 0.5) is 0 Å². The summed E-state index contributed by atoms with van der Waals surface area (Å²) in [5.41, 5.74) is 1.93. The van der Waals surface area contributed by atoms with Gasteiger partial charge in [0.2, 0.25) is 10.6 Å². The lowest BCUT2D eigenvalue weighted by Gasteiger charge is -1.95. The molecule has 2 atom stereocenters. The molecule has 0 saturated carbocycles. The molecule has 0 radical (unpaired) electrons. The van der Waals surface area contributed by atoms with E-state index in [2.05, 4.69) is 0 Å². The molecule has 0 bridgehead atoms. The van der Waals surface area contributed by atoms with Gasteiger partial charge in [-0.15, -0.1) is 0 Å². The van der Waals surface area contributed by atoms with Gasteiger partial charge in [-0.2, -0.15) is 0 Å². The van der Waals surface area contributed by atoms with E-state index in [4.69, 9.17) is 4.31 Å². The lowest BCUT2D eigenvalue weighted by atomic mass is 10.2. The summed E-state index contributed by atoms with van der Waals surface area (Å²) in [6.07, 6.45) is 1.53. The van der Waals surface area contributed by atoms with Gasteiger partial charge in [0, 0.05) is 11.1 Å². The zero-order chi connectivity index (χ0) is 15.2. The van der Waals surface area contributed by atoms with Crippen LogP contribution in [0.5, 0.6) is 0 Å². The number of hydrogen-bond donors (Lipinski definition) is 0. The van der Waals surface area contributed by atoms with Gasteiger partial charge in [-0.3, -0.25) is 0 Å². The summed E-state index contributed by atoms with van der Waals surface area (Å²) in [7, 11) is -4.23. The first kappa shape index (κ1) is 16.0. The van der Waals surface area contributed by atoms with Crippen molar-refractivity contribution in [1.82, 2.24) is 0 Å². The predicted octanol–water partition coefficient (Wildman–Crippen LogP) is 4.26. The fraction of sp³-hybridized carbons (Fsp3) is 0.250. The summed E-state index contributed by atoms with van der Waals surface area (Å²) in [5, 5.41) is 1.26. The Bertz CT molecular complexity index is 611. The largest absolute Gasteiger partial charge is 0.601 e. The summed E-state index contributed by atoms with van der Waals surface area (Å²) in [6, 6.07) is 14.8. The van der Waals surface area contributed by atoms with Crippen molar-refractivity contribution in [2.75, 3.05) is 0 Å². The van der Waals surface area contributed by atoms with Crippen molar-refractivity contribution >= 4 is 26.7 Å². The minimum absolute atomic E-state index is 0.632. The van der Waals surface area contributed by atoms with Crippen LogP contribution in [0.3, 0.4) is 0 Å². The third-order valence-electron chi connectivity index (χ3n) is 3.29. The second-order valence-electron chi connectivity index (χ2n) is 4.56. The van der Waals surface area contributed by atoms with E-state index in [0.717, 1.165) is 24.0 Å². The average Bonchev–Trinajstić information content (AvgIpc) is 2.54. The fourth-order valence-corrected chi connectivity index (χ4v) is 4.72. The molecule has 0 N–H and O–H groups in total. The molecule has 21 heavy (non-hydrogen) atoms. The van der Waals surface area contributed by atoms with Gasteiger partial charge >= 0.3 is 16.1 Å². The first-order valence-electron chi connectivity index (χ1n) is 6.95. The minimum Gasteiger partial charge on any atom is -0.0617 e. The van der Waals surface area contributed by atoms with E-state index in [0.29, 0.717) is 10.6 Å². The van der Waals surface area contributed by atoms with Crippen molar-refractivity contribution in [2.24, 2.45) is 0 Å². The quantitative estimate of drug-likeness (QED) is 0.747. The van der Waals surface area contributed by atoms with Crippen LogP contribution in [-0.2, 0) is 26.3 Å². The van der Waals surface area contributed by atoms with Crippen LogP contribution in [0.25, 0.3) is 0 Å². The lowest BCUT2D eigenvalue weighted by molar-refractivity contribution is 0.501. The van der Waals surface area contributed by atoms with E-state index in [1.807, 2.05) is 50.2 Å². The van der Waals surface area contributed by atoms with Crippen LogP contribution >= 0.6 is 16.1 Å². The molecule has 0 amide bonds. The van der Waals surface area contributed by atoms with Crippen molar-refractivity contribution in [1.29, 1.82) is 0 Å². The second kappa shape index (κ2) is 7.56. The van der Waals surface area contributed by atoms with Crippen LogP contribution < -0.4 is 10.6 Å². The molecule has 0 spiro atoms. The van der Waals surface area contributed by atoms with Crippen molar-refractivity contribution in [3.63, 3.8) is 0 Å². The smallest absolute Gasteiger partial charge is 0.0617 e. The lowest BCUT2D eigenvalue weighted by Crippen LogP contribution is -2.07. The molecular weight excluding hydrogens is 302 g/mol. The van der Waals surface area contributed by atoms with Crippen LogP contribution in [0.15, 0.2) is 48.5 Å². The highest BCUT2D eigenvalue weighted by Crippen LogP contribution is 2.38. The van der Waals surface area contributed by atoms with Crippen molar-refractivity contribution in [2.45, 2.75) is 26.7 Å². The molecule has 2 unspecified atom stereocenters. The Morgan fingerprint density at radius 2 is 1.14 bits per heavy atom. The SMILES string of the molecule is CCc1ccccc1[P+](=O)O[P+](=O)c1ccccc1CC. The normalized spacial score (nSPS) is 12.1. The Morgan fingerprint density at radius 1 is 0.762 bits per heavy atom. The third kappa shape index (κ3) is 3.83. The highest BCUT2D eigenvalue weighted by molar-refractivity contribution is 7.61. The molecule has 0 aromatic heterocycles. The van der Waals surface area contributed by atoms with Crippen LogP contribution in [0.1, 0.15) is 25.0 Å². The Hall–Kier alpha value is -1.40. The minimum atomic E-state index is -2.12. The molecule has 5 heteroatoms. The van der Waals surface area contributed by atoms with Gasteiger partial charge in [-0.05, 0) is 34.1 Å². The summed E-state index contributed by atoms with van der Waals surface area (Å²) >= 11 is 0. The van der Waals surface area contributed by atoms with Gasteiger partial charge in [0.1, 0.15) is 4.31 Å². The van der Waals surface area contributed by atoms with Crippen molar-refractivity contribution in [3.8, 4) is 0 Å².